The lowest BCUT2D eigenvalue weighted by molar-refractivity contribution is 0.298. The maximum atomic E-state index is 9.82. The van der Waals surface area contributed by atoms with Gasteiger partial charge in [-0.2, -0.15) is 0 Å². The number of hydrogen-bond acceptors (Lipinski definition) is 3. The number of β-amino-alcohol motifs (C(OH)–C–C–N with tert-alkyl or cyclic N) is 1. The van der Waals surface area contributed by atoms with Gasteiger partial charge in [0, 0.05) is 29.8 Å². The summed E-state index contributed by atoms with van der Waals surface area (Å²) in [5.74, 6) is 0.681. The zero-order valence-electron chi connectivity index (χ0n) is 9.14. The summed E-state index contributed by atoms with van der Waals surface area (Å²) in [5, 5.41) is 18.8. The molecule has 0 fully saturated rings. The molecule has 3 heteroatoms. The van der Waals surface area contributed by atoms with Crippen LogP contribution in [0.1, 0.15) is 25.3 Å². The summed E-state index contributed by atoms with van der Waals surface area (Å²) in [6.45, 7) is 5.01. The molecule has 1 heterocycles. The summed E-state index contributed by atoms with van der Waals surface area (Å²) in [6.07, 6.45) is 0. The minimum Gasteiger partial charge on any atom is -0.508 e. The highest BCUT2D eigenvalue weighted by Gasteiger charge is 2.33. The molecule has 0 bridgehead atoms. The monoisotopic (exact) mass is 207 g/mol. The van der Waals surface area contributed by atoms with Gasteiger partial charge in [-0.1, -0.05) is 13.0 Å². The first-order valence-electron chi connectivity index (χ1n) is 5.36. The third-order valence-corrected chi connectivity index (χ3v) is 3.38. The third-order valence-electron chi connectivity index (χ3n) is 3.38. The van der Waals surface area contributed by atoms with Crippen molar-refractivity contribution < 1.29 is 10.2 Å². The van der Waals surface area contributed by atoms with E-state index in [1.54, 1.807) is 6.07 Å². The molecule has 2 atom stereocenters. The molecule has 2 rings (SSSR count). The summed E-state index contributed by atoms with van der Waals surface area (Å²) >= 11 is 0. The van der Waals surface area contributed by atoms with Crippen molar-refractivity contribution in [2.24, 2.45) is 0 Å². The Balaban J connectivity index is 2.46. The molecule has 1 aliphatic heterocycles. The average Bonchev–Trinajstić information content (AvgIpc) is 2.45. The Hall–Kier alpha value is -1.22. The largest absolute Gasteiger partial charge is 0.508 e. The van der Waals surface area contributed by atoms with Crippen LogP contribution in [-0.2, 0) is 0 Å². The van der Waals surface area contributed by atoms with Gasteiger partial charge >= 0.3 is 0 Å². The van der Waals surface area contributed by atoms with Gasteiger partial charge in [0.1, 0.15) is 5.75 Å². The average molecular weight is 207 g/mol. The fourth-order valence-corrected chi connectivity index (χ4v) is 2.42. The molecule has 0 radical (unpaired) electrons. The summed E-state index contributed by atoms with van der Waals surface area (Å²) in [7, 11) is 0. The van der Waals surface area contributed by atoms with E-state index in [1.165, 1.54) is 0 Å². The first-order chi connectivity index (χ1) is 7.16. The number of aromatic hydroxyl groups is 1. The van der Waals surface area contributed by atoms with Crippen LogP contribution >= 0.6 is 0 Å². The second-order valence-corrected chi connectivity index (χ2v) is 4.16. The van der Waals surface area contributed by atoms with Crippen molar-refractivity contribution in [2.75, 3.05) is 18.1 Å². The van der Waals surface area contributed by atoms with Crippen molar-refractivity contribution in [3.05, 3.63) is 23.8 Å². The molecule has 0 saturated heterocycles. The molecule has 3 nitrogen and oxygen atoms in total. The van der Waals surface area contributed by atoms with Gasteiger partial charge in [0.15, 0.2) is 0 Å². The lowest BCUT2D eigenvalue weighted by atomic mass is 9.97. The number of benzene rings is 1. The zero-order chi connectivity index (χ0) is 11.0. The molecule has 82 valence electrons. The van der Waals surface area contributed by atoms with Crippen molar-refractivity contribution in [3.8, 4) is 5.75 Å². The summed E-state index contributed by atoms with van der Waals surface area (Å²) < 4.78 is 0. The maximum Gasteiger partial charge on any atom is 0.121 e. The van der Waals surface area contributed by atoms with Crippen LogP contribution in [0.3, 0.4) is 0 Å². The van der Waals surface area contributed by atoms with E-state index in [0.29, 0.717) is 24.3 Å². The molecule has 1 aliphatic rings. The van der Waals surface area contributed by atoms with E-state index in [9.17, 15) is 5.11 Å². The van der Waals surface area contributed by atoms with E-state index >= 15 is 0 Å². The summed E-state index contributed by atoms with van der Waals surface area (Å²) in [6, 6.07) is 5.92. The first-order valence-corrected chi connectivity index (χ1v) is 5.36. The molecule has 0 aromatic heterocycles. The van der Waals surface area contributed by atoms with Gasteiger partial charge < -0.3 is 15.1 Å². The van der Waals surface area contributed by atoms with Crippen LogP contribution in [0.15, 0.2) is 18.2 Å². The van der Waals surface area contributed by atoms with Crippen LogP contribution in [0.5, 0.6) is 5.75 Å². The highest BCUT2D eigenvalue weighted by Crippen LogP contribution is 2.44. The van der Waals surface area contributed by atoms with Crippen molar-refractivity contribution in [2.45, 2.75) is 25.8 Å². The van der Waals surface area contributed by atoms with Crippen molar-refractivity contribution in [1.29, 1.82) is 0 Å². The smallest absolute Gasteiger partial charge is 0.121 e. The fraction of sp³-hybridized carbons (Fsp3) is 0.500. The Bertz CT molecular complexity index is 365. The molecule has 0 aliphatic carbocycles. The van der Waals surface area contributed by atoms with Gasteiger partial charge in [-0.3, -0.25) is 0 Å². The van der Waals surface area contributed by atoms with Crippen molar-refractivity contribution in [3.63, 3.8) is 0 Å². The number of hydrogen-bond donors (Lipinski definition) is 2. The number of anilines is 1. The number of rotatable bonds is 2. The van der Waals surface area contributed by atoms with Crippen LogP contribution in [0.25, 0.3) is 0 Å². The Morgan fingerprint density at radius 3 is 2.73 bits per heavy atom. The van der Waals surface area contributed by atoms with E-state index in [4.69, 9.17) is 5.11 Å². The van der Waals surface area contributed by atoms with E-state index in [-0.39, 0.29) is 6.61 Å². The van der Waals surface area contributed by atoms with Gasteiger partial charge in [-0.25, -0.2) is 0 Å². The quantitative estimate of drug-likeness (QED) is 0.775. The fourth-order valence-electron chi connectivity index (χ4n) is 2.42. The Kier molecular flexibility index (Phi) is 2.57. The second-order valence-electron chi connectivity index (χ2n) is 4.16. The van der Waals surface area contributed by atoms with Gasteiger partial charge in [0.2, 0.25) is 0 Å². The SMILES string of the molecule is CC1c2c(O)cccc2N(CCO)C1C. The summed E-state index contributed by atoms with van der Waals surface area (Å²) in [4.78, 5) is 2.15. The maximum absolute atomic E-state index is 9.82. The second kappa shape index (κ2) is 3.74. The number of aliphatic hydroxyl groups is 1. The Morgan fingerprint density at radius 1 is 1.33 bits per heavy atom. The number of phenolic OH excluding ortho intramolecular Hbond substituents is 1. The van der Waals surface area contributed by atoms with Gasteiger partial charge in [0.25, 0.3) is 0 Å². The van der Waals surface area contributed by atoms with Gasteiger partial charge in [0.05, 0.1) is 6.61 Å². The molecule has 2 N–H and O–H groups in total. The minimum atomic E-state index is 0.145. The predicted molar refractivity (Wildman–Crippen MR) is 60.4 cm³/mol. The zero-order valence-corrected chi connectivity index (χ0v) is 9.14. The topological polar surface area (TPSA) is 43.7 Å². The van der Waals surface area contributed by atoms with E-state index in [2.05, 4.69) is 18.7 Å². The van der Waals surface area contributed by atoms with Crippen LogP contribution in [-0.4, -0.2) is 29.4 Å². The number of aliphatic hydroxyl groups excluding tert-OH is 1. The molecule has 0 amide bonds. The van der Waals surface area contributed by atoms with Crippen LogP contribution in [0.4, 0.5) is 5.69 Å². The Labute approximate surface area is 90.0 Å². The molecule has 0 saturated carbocycles. The van der Waals surface area contributed by atoms with Crippen LogP contribution in [0.2, 0.25) is 0 Å². The van der Waals surface area contributed by atoms with E-state index in [1.807, 2.05) is 12.1 Å². The number of fused-ring (bicyclic) bond motifs is 1. The highest BCUT2D eigenvalue weighted by molar-refractivity contribution is 5.66. The Morgan fingerprint density at radius 2 is 2.07 bits per heavy atom. The van der Waals surface area contributed by atoms with Crippen LogP contribution in [0, 0.1) is 0 Å². The van der Waals surface area contributed by atoms with Crippen molar-refractivity contribution in [1.82, 2.24) is 0 Å². The van der Waals surface area contributed by atoms with Crippen LogP contribution < -0.4 is 4.90 Å². The standard InChI is InChI=1S/C12H17NO2/c1-8-9(2)13(6-7-14)10-4-3-5-11(15)12(8)10/h3-5,8-9,14-15H,6-7H2,1-2H3. The van der Waals surface area contributed by atoms with Gasteiger partial charge in [-0.15, -0.1) is 0 Å². The normalized spacial score (nSPS) is 24.3. The van der Waals surface area contributed by atoms with E-state index < -0.39 is 0 Å². The lowest BCUT2D eigenvalue weighted by Gasteiger charge is -2.25. The molecule has 1 aromatic carbocycles. The molecular weight excluding hydrogens is 190 g/mol. The molecule has 1 aromatic rings. The molecular formula is C12H17NO2. The molecule has 15 heavy (non-hydrogen) atoms. The minimum absolute atomic E-state index is 0.145. The van der Waals surface area contributed by atoms with E-state index in [0.717, 1.165) is 11.3 Å². The lowest BCUT2D eigenvalue weighted by Crippen LogP contribution is -2.33. The molecule has 2 unspecified atom stereocenters. The highest BCUT2D eigenvalue weighted by atomic mass is 16.3. The third kappa shape index (κ3) is 1.47. The molecule has 0 spiro atoms. The number of phenols is 1. The van der Waals surface area contributed by atoms with Crippen molar-refractivity contribution >= 4 is 5.69 Å². The number of nitrogens with zero attached hydrogens (tertiary/aromatic N) is 1. The predicted octanol–water partition coefficient (Wildman–Crippen LogP) is 1.70. The first kappa shape index (κ1) is 10.3. The van der Waals surface area contributed by atoms with Gasteiger partial charge in [-0.05, 0) is 19.1 Å². The summed E-state index contributed by atoms with van der Waals surface area (Å²) in [5.41, 5.74) is 2.07.